The molecule has 6 nitrogen and oxygen atoms in total. The van der Waals surface area contributed by atoms with Crippen LogP contribution in [0.25, 0.3) is 0 Å². The molecule has 2 rings (SSSR count). The number of benzene rings is 1. The number of carbonyl (C=O) groups excluding carboxylic acids is 2. The number of halogens is 3. The molecule has 1 unspecified atom stereocenters. The molecule has 0 bridgehead atoms. The van der Waals surface area contributed by atoms with Crippen molar-refractivity contribution in [1.82, 2.24) is 5.32 Å². The number of anilines is 1. The van der Waals surface area contributed by atoms with E-state index in [1.807, 2.05) is 0 Å². The van der Waals surface area contributed by atoms with Crippen LogP contribution < -0.4 is 15.0 Å². The lowest BCUT2D eigenvalue weighted by molar-refractivity contribution is -0.153. The zero-order valence-corrected chi connectivity index (χ0v) is 16.1. The number of aldehydes is 1. The van der Waals surface area contributed by atoms with Gasteiger partial charge in [-0.3, -0.25) is 4.79 Å². The van der Waals surface area contributed by atoms with Gasteiger partial charge < -0.3 is 19.7 Å². The van der Waals surface area contributed by atoms with Crippen LogP contribution in [0.1, 0.15) is 44.0 Å². The Morgan fingerprint density at radius 1 is 1.32 bits per heavy atom. The van der Waals surface area contributed by atoms with E-state index in [1.54, 1.807) is 25.7 Å². The quantitative estimate of drug-likeness (QED) is 0.756. The largest absolute Gasteiger partial charge is 0.482 e. The lowest BCUT2D eigenvalue weighted by Crippen LogP contribution is -2.49. The number of nitrogens with zero attached hydrogens (tertiary/aromatic N) is 1. The minimum absolute atomic E-state index is 0.0140. The second kappa shape index (κ2) is 8.70. The van der Waals surface area contributed by atoms with E-state index >= 15 is 0 Å². The predicted octanol–water partition coefficient (Wildman–Crippen LogP) is 3.93. The molecule has 1 aliphatic heterocycles. The standard InChI is InChI=1S/C19H25F3N2O4/c1-18(2,3)28-17(26)23-14-7-5-9-24(10-14)16-13(11-25)6-4-8-15(16)27-12-19(20,21)22/h4,6,8,11,14H,5,7,9-10,12H2,1-3H3,(H,23,26). The van der Waals surface area contributed by atoms with E-state index in [4.69, 9.17) is 9.47 Å². The lowest BCUT2D eigenvalue weighted by atomic mass is 10.0. The maximum atomic E-state index is 12.6. The van der Waals surface area contributed by atoms with Crippen LogP contribution >= 0.6 is 0 Å². The van der Waals surface area contributed by atoms with Crippen LogP contribution in [0, 0.1) is 0 Å². The monoisotopic (exact) mass is 402 g/mol. The Morgan fingerprint density at radius 2 is 2.04 bits per heavy atom. The number of alkyl halides is 3. The molecule has 1 heterocycles. The van der Waals surface area contributed by atoms with Gasteiger partial charge in [-0.05, 0) is 45.7 Å². The summed E-state index contributed by atoms with van der Waals surface area (Å²) in [5, 5.41) is 2.78. The molecule has 1 aliphatic rings. The van der Waals surface area contributed by atoms with Crippen molar-refractivity contribution in [3.05, 3.63) is 23.8 Å². The SMILES string of the molecule is CC(C)(C)OC(=O)NC1CCCN(c2c(C=O)cccc2OCC(F)(F)F)C1. The van der Waals surface area contributed by atoms with Gasteiger partial charge >= 0.3 is 12.3 Å². The molecule has 1 fully saturated rings. The Hall–Kier alpha value is -2.45. The van der Waals surface area contributed by atoms with Crippen molar-refractivity contribution in [2.75, 3.05) is 24.6 Å². The fourth-order valence-corrected chi connectivity index (χ4v) is 3.02. The van der Waals surface area contributed by atoms with Crippen LogP contribution in [-0.2, 0) is 4.74 Å². The maximum Gasteiger partial charge on any atom is 0.422 e. The van der Waals surface area contributed by atoms with Gasteiger partial charge in [0.15, 0.2) is 12.9 Å². The summed E-state index contributed by atoms with van der Waals surface area (Å²) in [5.74, 6) is -0.0140. The molecule has 0 radical (unpaired) electrons. The minimum atomic E-state index is -4.49. The van der Waals surface area contributed by atoms with Gasteiger partial charge in [0.05, 0.1) is 5.69 Å². The Bertz CT molecular complexity index is 701. The summed E-state index contributed by atoms with van der Waals surface area (Å²) in [5.41, 5.74) is -0.101. The van der Waals surface area contributed by atoms with Crippen LogP contribution in [0.3, 0.4) is 0 Å². The highest BCUT2D eigenvalue weighted by molar-refractivity contribution is 5.87. The van der Waals surface area contributed by atoms with Crippen molar-refractivity contribution in [2.24, 2.45) is 0 Å². The van der Waals surface area contributed by atoms with Crippen molar-refractivity contribution in [1.29, 1.82) is 0 Å². The predicted molar refractivity (Wildman–Crippen MR) is 98.0 cm³/mol. The first-order valence-electron chi connectivity index (χ1n) is 9.01. The molecule has 0 spiro atoms. The Labute approximate surface area is 162 Å². The van der Waals surface area contributed by atoms with Crippen molar-refractivity contribution in [2.45, 2.75) is 51.4 Å². The molecule has 1 N–H and O–H groups in total. The van der Waals surface area contributed by atoms with Crippen LogP contribution in [0.4, 0.5) is 23.7 Å². The number of ether oxygens (including phenoxy) is 2. The number of rotatable bonds is 5. The first-order valence-corrected chi connectivity index (χ1v) is 9.01. The number of para-hydroxylation sites is 1. The second-order valence-electron chi connectivity index (χ2n) is 7.65. The Morgan fingerprint density at radius 3 is 2.64 bits per heavy atom. The molecule has 0 saturated carbocycles. The van der Waals surface area contributed by atoms with Gasteiger partial charge in [-0.25, -0.2) is 4.79 Å². The summed E-state index contributed by atoms with van der Waals surface area (Å²) < 4.78 is 47.9. The minimum Gasteiger partial charge on any atom is -0.482 e. The van der Waals surface area contributed by atoms with Gasteiger partial charge in [0.25, 0.3) is 0 Å². The lowest BCUT2D eigenvalue weighted by Gasteiger charge is -2.36. The van der Waals surface area contributed by atoms with E-state index in [0.717, 1.165) is 0 Å². The molecule has 1 amide bonds. The second-order valence-corrected chi connectivity index (χ2v) is 7.65. The summed E-state index contributed by atoms with van der Waals surface area (Å²) in [6, 6.07) is 4.13. The third kappa shape index (κ3) is 6.61. The number of carbonyl (C=O) groups is 2. The molecule has 1 atom stereocenters. The fraction of sp³-hybridized carbons (Fsp3) is 0.579. The van der Waals surface area contributed by atoms with Crippen LogP contribution in [0.5, 0.6) is 5.75 Å². The number of hydrogen-bond acceptors (Lipinski definition) is 5. The van der Waals surface area contributed by atoms with Crippen molar-refractivity contribution < 1.29 is 32.2 Å². The van der Waals surface area contributed by atoms with E-state index in [2.05, 4.69) is 5.32 Å². The molecular weight excluding hydrogens is 377 g/mol. The van der Waals surface area contributed by atoms with Crippen LogP contribution in [0.2, 0.25) is 0 Å². The molecule has 0 aliphatic carbocycles. The zero-order chi connectivity index (χ0) is 20.9. The highest BCUT2D eigenvalue weighted by atomic mass is 19.4. The summed E-state index contributed by atoms with van der Waals surface area (Å²) in [4.78, 5) is 25.2. The van der Waals surface area contributed by atoms with Gasteiger partial charge in [0, 0.05) is 24.7 Å². The molecule has 28 heavy (non-hydrogen) atoms. The Kier molecular flexibility index (Phi) is 6.79. The first-order chi connectivity index (χ1) is 13.0. The van der Waals surface area contributed by atoms with Gasteiger partial charge in [-0.1, -0.05) is 6.07 Å². The third-order valence-electron chi connectivity index (χ3n) is 4.01. The molecule has 0 aromatic heterocycles. The van der Waals surface area contributed by atoms with E-state index in [0.29, 0.717) is 37.9 Å². The smallest absolute Gasteiger partial charge is 0.422 e. The number of piperidine rings is 1. The van der Waals surface area contributed by atoms with Gasteiger partial charge in [-0.2, -0.15) is 13.2 Å². The average Bonchev–Trinajstić information content (AvgIpc) is 2.57. The van der Waals surface area contributed by atoms with Gasteiger partial charge in [0.2, 0.25) is 0 Å². The van der Waals surface area contributed by atoms with Crippen molar-refractivity contribution in [3.63, 3.8) is 0 Å². The molecule has 1 saturated heterocycles. The van der Waals surface area contributed by atoms with E-state index in [1.165, 1.54) is 18.2 Å². The molecule has 1 aromatic rings. The van der Waals surface area contributed by atoms with Gasteiger partial charge in [-0.15, -0.1) is 0 Å². The number of alkyl carbamates (subject to hydrolysis) is 1. The van der Waals surface area contributed by atoms with Gasteiger partial charge in [0.1, 0.15) is 11.4 Å². The first kappa shape index (κ1) is 21.8. The highest BCUT2D eigenvalue weighted by Gasteiger charge is 2.31. The van der Waals surface area contributed by atoms with E-state index in [-0.39, 0.29) is 17.4 Å². The summed E-state index contributed by atoms with van der Waals surface area (Å²) >= 11 is 0. The van der Waals surface area contributed by atoms with E-state index < -0.39 is 24.5 Å². The van der Waals surface area contributed by atoms with Crippen LogP contribution in [0.15, 0.2) is 18.2 Å². The molecule has 156 valence electrons. The topological polar surface area (TPSA) is 67.9 Å². The van der Waals surface area contributed by atoms with Crippen molar-refractivity contribution in [3.8, 4) is 5.75 Å². The number of nitrogens with one attached hydrogen (secondary N) is 1. The fourth-order valence-electron chi connectivity index (χ4n) is 3.02. The highest BCUT2D eigenvalue weighted by Crippen LogP contribution is 2.34. The molecule has 9 heteroatoms. The maximum absolute atomic E-state index is 12.6. The molecule has 1 aromatic carbocycles. The van der Waals surface area contributed by atoms with Crippen LogP contribution in [-0.4, -0.2) is 49.9 Å². The summed E-state index contributed by atoms with van der Waals surface area (Å²) in [6.07, 6.45) is -3.08. The Balaban J connectivity index is 2.16. The average molecular weight is 402 g/mol. The molecular formula is C19H25F3N2O4. The van der Waals surface area contributed by atoms with E-state index in [9.17, 15) is 22.8 Å². The summed E-state index contributed by atoms with van der Waals surface area (Å²) in [7, 11) is 0. The number of hydrogen-bond donors (Lipinski definition) is 1. The normalized spacial score (nSPS) is 17.8. The van der Waals surface area contributed by atoms with Crippen molar-refractivity contribution >= 4 is 18.1 Å². The zero-order valence-electron chi connectivity index (χ0n) is 16.1. The number of amides is 1. The summed E-state index contributed by atoms with van der Waals surface area (Å²) in [6.45, 7) is 4.67. The third-order valence-corrected chi connectivity index (χ3v) is 4.01.